The highest BCUT2D eigenvalue weighted by atomic mass is 16.5. The Hall–Kier alpha value is -2.87. The van der Waals surface area contributed by atoms with Crippen LogP contribution in [0.1, 0.15) is 15.9 Å². The Morgan fingerprint density at radius 2 is 1.64 bits per heavy atom. The number of ether oxygens (including phenoxy) is 1. The van der Waals surface area contributed by atoms with Crippen LogP contribution in [0.15, 0.2) is 72.8 Å². The van der Waals surface area contributed by atoms with Crippen LogP contribution in [0.5, 0.6) is 5.75 Å². The number of methoxy groups -OCH3 is 1. The van der Waals surface area contributed by atoms with E-state index in [-0.39, 0.29) is 5.78 Å². The van der Waals surface area contributed by atoms with Crippen LogP contribution < -0.4 is 4.74 Å². The predicted molar refractivity (Wildman–Crippen MR) is 90.3 cm³/mol. The van der Waals surface area contributed by atoms with Gasteiger partial charge in [-0.1, -0.05) is 42.5 Å². The van der Waals surface area contributed by atoms with Gasteiger partial charge in [-0.2, -0.15) is 0 Å². The first kappa shape index (κ1) is 14.1. The number of carbonyl (C=O) groups excluding carboxylic acids is 1. The number of hydrogen-bond donors (Lipinski definition) is 0. The zero-order valence-corrected chi connectivity index (χ0v) is 12.3. The van der Waals surface area contributed by atoms with Crippen LogP contribution in [0.25, 0.3) is 16.8 Å². The molecule has 3 rings (SSSR count). The Bertz CT molecular complexity index is 830. The molecular weight excluding hydrogens is 272 g/mol. The average Bonchev–Trinajstić information content (AvgIpc) is 2.59. The summed E-state index contributed by atoms with van der Waals surface area (Å²) in [6.45, 7) is 0. The van der Waals surface area contributed by atoms with Gasteiger partial charge in [0.25, 0.3) is 0 Å². The molecule has 0 atom stereocenters. The first-order chi connectivity index (χ1) is 10.8. The lowest BCUT2D eigenvalue weighted by Crippen LogP contribution is -1.94. The molecule has 0 aliphatic carbocycles. The van der Waals surface area contributed by atoms with Crippen LogP contribution >= 0.6 is 0 Å². The van der Waals surface area contributed by atoms with Crippen molar-refractivity contribution in [3.05, 3.63) is 83.9 Å². The van der Waals surface area contributed by atoms with Crippen LogP contribution in [0, 0.1) is 0 Å². The van der Waals surface area contributed by atoms with Crippen molar-refractivity contribution in [1.82, 2.24) is 0 Å². The number of carbonyl (C=O) groups is 1. The van der Waals surface area contributed by atoms with Gasteiger partial charge in [-0.3, -0.25) is 4.79 Å². The minimum atomic E-state index is -0.0178. The van der Waals surface area contributed by atoms with E-state index >= 15 is 0 Å². The molecule has 0 spiro atoms. The van der Waals surface area contributed by atoms with Crippen molar-refractivity contribution in [2.45, 2.75) is 0 Å². The van der Waals surface area contributed by atoms with Crippen LogP contribution in [-0.4, -0.2) is 12.9 Å². The van der Waals surface area contributed by atoms with Gasteiger partial charge in [0.1, 0.15) is 5.75 Å². The fraction of sp³-hybridized carbons (Fsp3) is 0.0500. The van der Waals surface area contributed by atoms with E-state index in [1.165, 1.54) is 10.8 Å². The topological polar surface area (TPSA) is 26.3 Å². The third kappa shape index (κ3) is 3.07. The zero-order chi connectivity index (χ0) is 15.4. The van der Waals surface area contributed by atoms with E-state index in [1.54, 1.807) is 37.5 Å². The maximum absolute atomic E-state index is 12.2. The van der Waals surface area contributed by atoms with Crippen LogP contribution in [0.2, 0.25) is 0 Å². The van der Waals surface area contributed by atoms with E-state index in [1.807, 2.05) is 24.3 Å². The van der Waals surface area contributed by atoms with Gasteiger partial charge < -0.3 is 4.74 Å². The minimum Gasteiger partial charge on any atom is -0.497 e. The molecule has 0 aromatic heterocycles. The molecule has 0 saturated heterocycles. The average molecular weight is 288 g/mol. The first-order valence-electron chi connectivity index (χ1n) is 7.11. The number of fused-ring (bicyclic) bond motifs is 1. The summed E-state index contributed by atoms with van der Waals surface area (Å²) in [5.41, 5.74) is 1.67. The lowest BCUT2D eigenvalue weighted by atomic mass is 10.1. The molecule has 0 radical (unpaired) electrons. The first-order valence-corrected chi connectivity index (χ1v) is 7.11. The smallest absolute Gasteiger partial charge is 0.185 e. The second kappa shape index (κ2) is 6.27. The van der Waals surface area contributed by atoms with E-state index in [2.05, 4.69) is 24.3 Å². The SMILES string of the molecule is COc1ccc(C(=O)C=Cc2ccc3ccccc3c2)cc1. The highest BCUT2D eigenvalue weighted by molar-refractivity contribution is 6.07. The molecule has 0 heterocycles. The van der Waals surface area contributed by atoms with Crippen LogP contribution in [-0.2, 0) is 0 Å². The number of hydrogen-bond acceptors (Lipinski definition) is 2. The summed E-state index contributed by atoms with van der Waals surface area (Å²) in [6.07, 6.45) is 3.45. The fourth-order valence-electron chi connectivity index (χ4n) is 2.33. The van der Waals surface area contributed by atoms with Gasteiger partial charge in [-0.15, -0.1) is 0 Å². The molecule has 0 amide bonds. The molecule has 0 unspecified atom stereocenters. The lowest BCUT2D eigenvalue weighted by molar-refractivity contribution is 0.104. The quantitative estimate of drug-likeness (QED) is 0.512. The largest absolute Gasteiger partial charge is 0.497 e. The lowest BCUT2D eigenvalue weighted by Gasteiger charge is -2.01. The Morgan fingerprint density at radius 3 is 2.36 bits per heavy atom. The van der Waals surface area contributed by atoms with Gasteiger partial charge in [-0.25, -0.2) is 0 Å². The molecule has 0 aliphatic rings. The number of rotatable bonds is 4. The van der Waals surface area contributed by atoms with Crippen LogP contribution in [0.4, 0.5) is 0 Å². The van der Waals surface area contributed by atoms with Crippen molar-refractivity contribution in [3.8, 4) is 5.75 Å². The summed E-state index contributed by atoms with van der Waals surface area (Å²) < 4.78 is 5.09. The van der Waals surface area contributed by atoms with E-state index in [0.29, 0.717) is 5.56 Å². The molecule has 0 fully saturated rings. The minimum absolute atomic E-state index is 0.0178. The van der Waals surface area contributed by atoms with E-state index in [9.17, 15) is 4.79 Å². The Labute approximate surface area is 129 Å². The molecule has 3 aromatic rings. The zero-order valence-electron chi connectivity index (χ0n) is 12.3. The predicted octanol–water partition coefficient (Wildman–Crippen LogP) is 4.74. The van der Waals surface area contributed by atoms with Gasteiger partial charge in [0, 0.05) is 5.56 Å². The molecule has 0 bridgehead atoms. The molecule has 0 aliphatic heterocycles. The molecule has 2 heteroatoms. The summed E-state index contributed by atoms with van der Waals surface area (Å²) >= 11 is 0. The Morgan fingerprint density at radius 1 is 0.909 bits per heavy atom. The summed E-state index contributed by atoms with van der Waals surface area (Å²) in [5, 5.41) is 2.36. The normalized spacial score (nSPS) is 11.0. The van der Waals surface area contributed by atoms with Gasteiger partial charge in [-0.05, 0) is 52.7 Å². The van der Waals surface area contributed by atoms with Gasteiger partial charge in [0.05, 0.1) is 7.11 Å². The molecule has 108 valence electrons. The Balaban J connectivity index is 1.80. The van der Waals surface area contributed by atoms with Gasteiger partial charge in [0.2, 0.25) is 0 Å². The maximum Gasteiger partial charge on any atom is 0.185 e. The third-order valence-electron chi connectivity index (χ3n) is 3.58. The molecule has 2 nitrogen and oxygen atoms in total. The van der Waals surface area contributed by atoms with Crippen molar-refractivity contribution in [2.24, 2.45) is 0 Å². The van der Waals surface area contributed by atoms with Crippen molar-refractivity contribution in [1.29, 1.82) is 0 Å². The summed E-state index contributed by atoms with van der Waals surface area (Å²) in [4.78, 5) is 12.2. The van der Waals surface area contributed by atoms with Gasteiger partial charge >= 0.3 is 0 Å². The molecule has 3 aromatic carbocycles. The number of allylic oxidation sites excluding steroid dienone is 1. The summed E-state index contributed by atoms with van der Waals surface area (Å²) in [6, 6.07) is 21.4. The third-order valence-corrected chi connectivity index (χ3v) is 3.58. The second-order valence-corrected chi connectivity index (χ2v) is 5.03. The highest BCUT2D eigenvalue weighted by Gasteiger charge is 2.02. The highest BCUT2D eigenvalue weighted by Crippen LogP contribution is 2.17. The summed E-state index contributed by atoms with van der Waals surface area (Å²) in [7, 11) is 1.61. The molecule has 0 saturated carbocycles. The monoisotopic (exact) mass is 288 g/mol. The van der Waals surface area contributed by atoms with Crippen LogP contribution in [0.3, 0.4) is 0 Å². The summed E-state index contributed by atoms with van der Waals surface area (Å²) in [5.74, 6) is 0.728. The van der Waals surface area contributed by atoms with E-state index in [4.69, 9.17) is 4.74 Å². The van der Waals surface area contributed by atoms with Gasteiger partial charge in [0.15, 0.2) is 5.78 Å². The van der Waals surface area contributed by atoms with E-state index in [0.717, 1.165) is 11.3 Å². The van der Waals surface area contributed by atoms with Crippen molar-refractivity contribution >= 4 is 22.6 Å². The molecule has 0 N–H and O–H groups in total. The van der Waals surface area contributed by atoms with E-state index < -0.39 is 0 Å². The standard InChI is InChI=1S/C20H16O2/c1-22-19-11-9-17(10-12-19)20(21)13-7-15-6-8-16-4-2-3-5-18(16)14-15/h2-14H,1H3. The fourth-order valence-corrected chi connectivity index (χ4v) is 2.33. The maximum atomic E-state index is 12.2. The van der Waals surface area contributed by atoms with Crippen molar-refractivity contribution in [2.75, 3.05) is 7.11 Å². The van der Waals surface area contributed by atoms with Crippen molar-refractivity contribution in [3.63, 3.8) is 0 Å². The number of benzene rings is 3. The molecule has 22 heavy (non-hydrogen) atoms. The Kier molecular flexibility index (Phi) is 4.01. The van der Waals surface area contributed by atoms with Crippen molar-refractivity contribution < 1.29 is 9.53 Å². The molecular formula is C20H16O2. The second-order valence-electron chi connectivity index (χ2n) is 5.03. The number of ketones is 1.